The zero-order valence-electron chi connectivity index (χ0n) is 17.2. The van der Waals surface area contributed by atoms with Gasteiger partial charge in [0, 0.05) is 26.1 Å². The van der Waals surface area contributed by atoms with E-state index in [0.717, 1.165) is 56.0 Å². The summed E-state index contributed by atoms with van der Waals surface area (Å²) in [5, 5.41) is 15.6. The summed E-state index contributed by atoms with van der Waals surface area (Å²) in [5.41, 5.74) is 0. The molecule has 0 spiro atoms. The van der Waals surface area contributed by atoms with Gasteiger partial charge in [-0.1, -0.05) is 13.3 Å². The van der Waals surface area contributed by atoms with E-state index in [9.17, 15) is 0 Å². The van der Waals surface area contributed by atoms with Gasteiger partial charge in [0.1, 0.15) is 12.4 Å². The van der Waals surface area contributed by atoms with Crippen molar-refractivity contribution in [1.29, 1.82) is 0 Å². The van der Waals surface area contributed by atoms with Crippen molar-refractivity contribution in [2.75, 3.05) is 32.7 Å². The quantitative estimate of drug-likeness (QED) is 0.434. The first-order valence-electron chi connectivity index (χ1n) is 10.9. The van der Waals surface area contributed by atoms with Crippen molar-refractivity contribution in [2.24, 2.45) is 10.9 Å². The Morgan fingerprint density at radius 1 is 1.11 bits per heavy atom. The van der Waals surface area contributed by atoms with E-state index in [1.54, 1.807) is 0 Å². The molecule has 0 atom stereocenters. The summed E-state index contributed by atoms with van der Waals surface area (Å²) in [5.74, 6) is 3.91. The van der Waals surface area contributed by atoms with Crippen LogP contribution in [-0.4, -0.2) is 58.3 Å². The Morgan fingerprint density at radius 2 is 1.96 bits per heavy atom. The summed E-state index contributed by atoms with van der Waals surface area (Å²) in [4.78, 5) is 7.34. The van der Waals surface area contributed by atoms with E-state index in [2.05, 4.69) is 44.1 Å². The van der Waals surface area contributed by atoms with Gasteiger partial charge in [0.2, 0.25) is 0 Å². The third-order valence-electron chi connectivity index (χ3n) is 5.73. The van der Waals surface area contributed by atoms with Crippen LogP contribution in [0.2, 0.25) is 0 Å². The predicted octanol–water partition coefficient (Wildman–Crippen LogP) is 2.18. The average molecular weight is 376 g/mol. The number of nitrogens with zero attached hydrogens (tertiary/aromatic N) is 5. The van der Waals surface area contributed by atoms with Gasteiger partial charge in [-0.15, -0.1) is 10.2 Å². The molecule has 0 amide bonds. The normalized spacial score (nSPS) is 19.6. The van der Waals surface area contributed by atoms with Gasteiger partial charge >= 0.3 is 0 Å². The fourth-order valence-electron chi connectivity index (χ4n) is 3.95. The molecule has 7 heteroatoms. The van der Waals surface area contributed by atoms with Crippen molar-refractivity contribution in [1.82, 2.24) is 30.3 Å². The molecule has 2 aliphatic rings. The van der Waals surface area contributed by atoms with Crippen molar-refractivity contribution < 1.29 is 0 Å². The van der Waals surface area contributed by atoms with E-state index in [4.69, 9.17) is 4.99 Å². The standard InChI is InChI=1S/C20H37N7/c1-3-21-20(22-11-7-12-26-14-9-17(2)10-15-26)23-16-19-25-24-18-8-5-4-6-13-27(18)19/h17H,3-16H2,1-2H3,(H2,21,22,23). The van der Waals surface area contributed by atoms with Crippen LogP contribution in [0, 0.1) is 5.92 Å². The van der Waals surface area contributed by atoms with Gasteiger partial charge in [-0.3, -0.25) is 0 Å². The Hall–Kier alpha value is -1.63. The molecule has 1 fully saturated rings. The third-order valence-corrected chi connectivity index (χ3v) is 5.73. The van der Waals surface area contributed by atoms with Gasteiger partial charge in [0.25, 0.3) is 0 Å². The van der Waals surface area contributed by atoms with Crippen molar-refractivity contribution in [3.05, 3.63) is 11.6 Å². The molecule has 2 aliphatic heterocycles. The zero-order valence-corrected chi connectivity index (χ0v) is 17.2. The molecule has 27 heavy (non-hydrogen) atoms. The minimum atomic E-state index is 0.590. The van der Waals surface area contributed by atoms with Gasteiger partial charge < -0.3 is 20.1 Å². The molecule has 0 aliphatic carbocycles. The lowest BCUT2D eigenvalue weighted by molar-refractivity contribution is 0.191. The van der Waals surface area contributed by atoms with Crippen LogP contribution in [0.25, 0.3) is 0 Å². The molecule has 0 saturated carbocycles. The van der Waals surface area contributed by atoms with Gasteiger partial charge in [0.05, 0.1) is 0 Å². The second-order valence-electron chi connectivity index (χ2n) is 7.99. The molecule has 0 aromatic carbocycles. The summed E-state index contributed by atoms with van der Waals surface area (Å²) < 4.78 is 2.28. The third kappa shape index (κ3) is 6.19. The van der Waals surface area contributed by atoms with Crippen LogP contribution < -0.4 is 10.6 Å². The minimum Gasteiger partial charge on any atom is -0.357 e. The molecule has 0 bridgehead atoms. The van der Waals surface area contributed by atoms with Crippen LogP contribution in [-0.2, 0) is 19.5 Å². The van der Waals surface area contributed by atoms with Crippen LogP contribution in [0.4, 0.5) is 0 Å². The van der Waals surface area contributed by atoms with E-state index in [-0.39, 0.29) is 0 Å². The second kappa shape index (κ2) is 10.6. The second-order valence-corrected chi connectivity index (χ2v) is 7.99. The first kappa shape index (κ1) is 20.1. The molecule has 0 unspecified atom stereocenters. The molecule has 0 radical (unpaired) electrons. The number of likely N-dealkylation sites (tertiary alicyclic amines) is 1. The highest BCUT2D eigenvalue weighted by Gasteiger charge is 2.15. The summed E-state index contributed by atoms with van der Waals surface area (Å²) in [7, 11) is 0. The van der Waals surface area contributed by atoms with E-state index in [1.165, 1.54) is 51.7 Å². The highest BCUT2D eigenvalue weighted by atomic mass is 15.3. The highest BCUT2D eigenvalue weighted by Crippen LogP contribution is 2.16. The molecule has 152 valence electrons. The Bertz CT molecular complexity index is 587. The van der Waals surface area contributed by atoms with Crippen LogP contribution in [0.1, 0.15) is 64.0 Å². The number of aromatic nitrogens is 3. The molecule has 3 rings (SSSR count). The van der Waals surface area contributed by atoms with Crippen LogP contribution in [0.5, 0.6) is 0 Å². The summed E-state index contributed by atoms with van der Waals surface area (Å²) in [6, 6.07) is 0. The van der Waals surface area contributed by atoms with Crippen LogP contribution >= 0.6 is 0 Å². The Balaban J connectivity index is 1.45. The number of aryl methyl sites for hydroxylation is 1. The van der Waals surface area contributed by atoms with Gasteiger partial charge in [-0.05, 0) is 64.6 Å². The van der Waals surface area contributed by atoms with Crippen molar-refractivity contribution in [3.63, 3.8) is 0 Å². The highest BCUT2D eigenvalue weighted by molar-refractivity contribution is 5.79. The number of nitrogens with one attached hydrogen (secondary N) is 2. The fraction of sp³-hybridized carbons (Fsp3) is 0.850. The van der Waals surface area contributed by atoms with E-state index in [1.807, 2.05) is 0 Å². The Labute approximate surface area is 164 Å². The summed E-state index contributed by atoms with van der Waals surface area (Å²) in [6.45, 7) is 11.6. The van der Waals surface area contributed by atoms with Crippen molar-refractivity contribution in [2.45, 2.75) is 71.9 Å². The molecular weight excluding hydrogens is 338 g/mol. The van der Waals surface area contributed by atoms with E-state index < -0.39 is 0 Å². The molecule has 3 heterocycles. The van der Waals surface area contributed by atoms with Gasteiger partial charge in [-0.2, -0.15) is 0 Å². The SMILES string of the molecule is CCNC(=NCc1nnc2n1CCCCC2)NCCCN1CCC(C)CC1. The van der Waals surface area contributed by atoms with Crippen LogP contribution in [0.3, 0.4) is 0 Å². The Morgan fingerprint density at radius 3 is 2.78 bits per heavy atom. The monoisotopic (exact) mass is 375 g/mol. The first-order valence-corrected chi connectivity index (χ1v) is 10.9. The van der Waals surface area contributed by atoms with Gasteiger partial charge in [0.15, 0.2) is 11.8 Å². The van der Waals surface area contributed by atoms with E-state index in [0.29, 0.717) is 6.54 Å². The lowest BCUT2D eigenvalue weighted by atomic mass is 9.99. The number of aliphatic imine (C=N–C) groups is 1. The van der Waals surface area contributed by atoms with Crippen molar-refractivity contribution >= 4 is 5.96 Å². The maximum atomic E-state index is 4.75. The maximum Gasteiger partial charge on any atom is 0.191 e. The molecular formula is C20H37N7. The largest absolute Gasteiger partial charge is 0.357 e. The first-order chi connectivity index (χ1) is 13.3. The molecule has 1 aromatic heterocycles. The lowest BCUT2D eigenvalue weighted by Gasteiger charge is -2.30. The lowest BCUT2D eigenvalue weighted by Crippen LogP contribution is -2.39. The zero-order chi connectivity index (χ0) is 18.9. The summed E-state index contributed by atoms with van der Waals surface area (Å²) in [6.07, 6.45) is 8.62. The number of hydrogen-bond donors (Lipinski definition) is 2. The maximum absolute atomic E-state index is 4.75. The number of guanidine groups is 1. The predicted molar refractivity (Wildman–Crippen MR) is 110 cm³/mol. The smallest absolute Gasteiger partial charge is 0.191 e. The molecule has 2 N–H and O–H groups in total. The molecule has 1 saturated heterocycles. The molecule has 7 nitrogen and oxygen atoms in total. The molecule has 1 aromatic rings. The topological polar surface area (TPSA) is 70.4 Å². The number of rotatable bonds is 7. The summed E-state index contributed by atoms with van der Waals surface area (Å²) >= 11 is 0. The number of piperidine rings is 1. The minimum absolute atomic E-state index is 0.590. The van der Waals surface area contributed by atoms with Gasteiger partial charge in [-0.25, -0.2) is 4.99 Å². The Kier molecular flexibility index (Phi) is 7.93. The number of hydrogen-bond acceptors (Lipinski definition) is 4. The van der Waals surface area contributed by atoms with E-state index >= 15 is 0 Å². The van der Waals surface area contributed by atoms with Crippen LogP contribution in [0.15, 0.2) is 4.99 Å². The number of fused-ring (bicyclic) bond motifs is 1. The fourth-order valence-corrected chi connectivity index (χ4v) is 3.95. The average Bonchev–Trinajstić information content (AvgIpc) is 2.91. The van der Waals surface area contributed by atoms with Crippen molar-refractivity contribution in [3.8, 4) is 0 Å².